The van der Waals surface area contributed by atoms with Gasteiger partial charge in [-0.2, -0.15) is 0 Å². The maximum Gasteiger partial charge on any atom is 0.319 e. The van der Waals surface area contributed by atoms with Gasteiger partial charge in [0.2, 0.25) is 5.91 Å². The number of nitrogens with zero attached hydrogens (tertiary/aromatic N) is 3. The second-order valence-corrected chi connectivity index (χ2v) is 11.2. The van der Waals surface area contributed by atoms with Gasteiger partial charge in [0.15, 0.2) is 0 Å². The van der Waals surface area contributed by atoms with Gasteiger partial charge in [-0.1, -0.05) is 13.0 Å². The third kappa shape index (κ3) is 5.25. The highest BCUT2D eigenvalue weighted by atomic mass is 19.1. The van der Waals surface area contributed by atoms with Crippen LogP contribution >= 0.6 is 0 Å². The van der Waals surface area contributed by atoms with E-state index in [1.165, 1.54) is 6.07 Å². The summed E-state index contributed by atoms with van der Waals surface area (Å²) in [5.74, 6) is 2.23. The summed E-state index contributed by atoms with van der Waals surface area (Å²) in [7, 11) is 0. The van der Waals surface area contributed by atoms with Crippen molar-refractivity contribution in [1.82, 2.24) is 20.1 Å². The minimum Gasteiger partial charge on any atom is -0.487 e. The minimum atomic E-state index is -0.403. The highest BCUT2D eigenvalue weighted by Gasteiger charge is 2.59. The zero-order valence-electron chi connectivity index (χ0n) is 23.4. The van der Waals surface area contributed by atoms with Crippen LogP contribution in [0, 0.1) is 5.82 Å². The molecule has 0 unspecified atom stereocenters. The number of hydrogen-bond acceptors (Lipinski definition) is 7. The fourth-order valence-corrected chi connectivity index (χ4v) is 6.13. The number of hydrogen-bond donors (Lipinski definition) is 3. The number of carbonyl (C=O) groups is 2. The smallest absolute Gasteiger partial charge is 0.319 e. The van der Waals surface area contributed by atoms with Crippen molar-refractivity contribution in [3.63, 3.8) is 0 Å². The maximum absolute atomic E-state index is 14.9. The molecule has 10 nitrogen and oxygen atoms in total. The second-order valence-electron chi connectivity index (χ2n) is 11.2. The Balaban J connectivity index is 0.953. The standard InChI is InChI=1S/C31H33FN6O4/c1-2-37-11-13-38(14-12-37)17-18-3-4-19(15-23(18)32)34-31(40)36-28-27-22-16-20(5-7-24(22)42-29(27)28)41-25-9-10-33-30-21(25)6-8-26(39)35-30/h3-5,7,9-10,15-16,27-29H,2,6,8,11-14,17H2,1H3,(H,33,35,39)(H2,34,36,40)/t27-,28-,29-/m0/s1. The topological polar surface area (TPSA) is 108 Å². The van der Waals surface area contributed by atoms with Gasteiger partial charge in [-0.25, -0.2) is 14.2 Å². The van der Waals surface area contributed by atoms with Crippen LogP contribution < -0.4 is 25.4 Å². The van der Waals surface area contributed by atoms with E-state index >= 15 is 0 Å². The average molecular weight is 573 g/mol. The van der Waals surface area contributed by atoms with Crippen LogP contribution in [0.1, 0.15) is 36.0 Å². The van der Waals surface area contributed by atoms with Gasteiger partial charge >= 0.3 is 6.03 Å². The number of likely N-dealkylation sites (N-methyl/N-ethyl adjacent to an activating group) is 1. The monoisotopic (exact) mass is 572 g/mol. The predicted molar refractivity (Wildman–Crippen MR) is 155 cm³/mol. The first-order valence-electron chi connectivity index (χ1n) is 14.5. The molecule has 11 heteroatoms. The van der Waals surface area contributed by atoms with Crippen molar-refractivity contribution in [3.05, 3.63) is 71.2 Å². The van der Waals surface area contributed by atoms with Crippen LogP contribution in [0.2, 0.25) is 0 Å². The van der Waals surface area contributed by atoms with Gasteiger partial charge in [0.25, 0.3) is 0 Å². The van der Waals surface area contributed by atoms with E-state index in [4.69, 9.17) is 9.47 Å². The molecule has 1 aromatic heterocycles. The van der Waals surface area contributed by atoms with Crippen LogP contribution in [0.25, 0.3) is 0 Å². The maximum atomic E-state index is 14.9. The van der Waals surface area contributed by atoms with Crippen molar-refractivity contribution >= 4 is 23.4 Å². The number of benzene rings is 2. The number of ether oxygens (including phenoxy) is 2. The second kappa shape index (κ2) is 10.9. The van der Waals surface area contributed by atoms with Gasteiger partial charge in [-0.15, -0.1) is 0 Å². The van der Waals surface area contributed by atoms with Crippen LogP contribution in [0.5, 0.6) is 17.2 Å². The summed E-state index contributed by atoms with van der Waals surface area (Å²) in [5.41, 5.74) is 2.87. The van der Waals surface area contributed by atoms with Crippen molar-refractivity contribution in [2.24, 2.45) is 0 Å². The van der Waals surface area contributed by atoms with E-state index in [1.807, 2.05) is 18.2 Å². The Hall–Kier alpha value is -4.22. The average Bonchev–Trinajstić information content (AvgIpc) is 3.50. The summed E-state index contributed by atoms with van der Waals surface area (Å²) in [5, 5.41) is 8.52. The molecule has 3 atom stereocenters. The van der Waals surface area contributed by atoms with Gasteiger partial charge in [0, 0.05) is 67.7 Å². The molecule has 7 rings (SSSR count). The normalized spacial score (nSPS) is 22.7. The zero-order valence-corrected chi connectivity index (χ0v) is 23.4. The van der Waals surface area contributed by atoms with Crippen LogP contribution in [0.4, 0.5) is 20.7 Å². The number of pyridine rings is 1. The fourth-order valence-electron chi connectivity index (χ4n) is 6.13. The number of carbonyl (C=O) groups excluding carboxylic acids is 2. The number of amides is 3. The Labute approximate surface area is 243 Å². The number of piperazine rings is 1. The molecule has 0 bridgehead atoms. The molecule has 1 saturated carbocycles. The van der Waals surface area contributed by atoms with Gasteiger partial charge in [0.1, 0.15) is 35.0 Å². The lowest BCUT2D eigenvalue weighted by Crippen LogP contribution is -2.45. The molecule has 3 amide bonds. The molecule has 2 aromatic carbocycles. The molecule has 2 fully saturated rings. The third-order valence-corrected chi connectivity index (χ3v) is 8.57. The molecular formula is C31H33FN6O4. The van der Waals surface area contributed by atoms with Crippen LogP contribution in [0.3, 0.4) is 0 Å². The summed E-state index contributed by atoms with van der Waals surface area (Å²) >= 11 is 0. The summed E-state index contributed by atoms with van der Waals surface area (Å²) < 4.78 is 27.1. The highest BCUT2D eigenvalue weighted by Crippen LogP contribution is 2.54. The van der Waals surface area contributed by atoms with E-state index in [-0.39, 0.29) is 29.8 Å². The Morgan fingerprint density at radius 3 is 2.76 bits per heavy atom. The van der Waals surface area contributed by atoms with Crippen molar-refractivity contribution < 1.29 is 23.5 Å². The Morgan fingerprint density at radius 1 is 1.12 bits per heavy atom. The summed E-state index contributed by atoms with van der Waals surface area (Å²) in [6.45, 7) is 7.59. The molecule has 4 aliphatic rings. The summed E-state index contributed by atoms with van der Waals surface area (Å²) in [4.78, 5) is 33.4. The molecule has 0 spiro atoms. The predicted octanol–water partition coefficient (Wildman–Crippen LogP) is 4.08. The molecule has 3 aliphatic heterocycles. The minimum absolute atomic E-state index is 0.00669. The van der Waals surface area contributed by atoms with Crippen molar-refractivity contribution in [2.45, 2.75) is 44.4 Å². The molecular weight excluding hydrogens is 539 g/mol. The molecule has 3 aromatic rings. The Morgan fingerprint density at radius 2 is 1.95 bits per heavy atom. The van der Waals surface area contributed by atoms with E-state index in [2.05, 4.69) is 37.7 Å². The van der Waals surface area contributed by atoms with Crippen molar-refractivity contribution in [3.8, 4) is 17.2 Å². The van der Waals surface area contributed by atoms with E-state index in [0.717, 1.165) is 49.6 Å². The fraction of sp³-hybridized carbons (Fsp3) is 0.387. The molecule has 3 N–H and O–H groups in total. The first kappa shape index (κ1) is 26.7. The first-order chi connectivity index (χ1) is 20.4. The number of halogens is 1. The number of urea groups is 1. The molecule has 4 heterocycles. The van der Waals surface area contributed by atoms with E-state index < -0.39 is 6.03 Å². The molecule has 42 heavy (non-hydrogen) atoms. The summed E-state index contributed by atoms with van der Waals surface area (Å²) in [6.07, 6.45) is 2.41. The number of rotatable bonds is 7. The van der Waals surface area contributed by atoms with Crippen LogP contribution in [0.15, 0.2) is 48.7 Å². The number of nitrogens with one attached hydrogen (secondary N) is 3. The quantitative estimate of drug-likeness (QED) is 0.392. The van der Waals surface area contributed by atoms with E-state index in [1.54, 1.807) is 24.4 Å². The lowest BCUT2D eigenvalue weighted by molar-refractivity contribution is -0.116. The number of fused-ring (bicyclic) bond motifs is 4. The lowest BCUT2D eigenvalue weighted by Gasteiger charge is -2.34. The Kier molecular flexibility index (Phi) is 6.91. The number of aromatic nitrogens is 1. The molecule has 1 aliphatic carbocycles. The van der Waals surface area contributed by atoms with Gasteiger partial charge in [0.05, 0.1) is 12.0 Å². The number of anilines is 2. The van der Waals surface area contributed by atoms with E-state index in [9.17, 15) is 14.0 Å². The largest absolute Gasteiger partial charge is 0.487 e. The van der Waals surface area contributed by atoms with Gasteiger partial charge in [-0.05, 0) is 49.4 Å². The lowest BCUT2D eigenvalue weighted by atomic mass is 10.1. The zero-order chi connectivity index (χ0) is 28.8. The SMILES string of the molecule is CCN1CCN(Cc2ccc(NC(=O)N[C@@H]3[C@H]4Oc5ccc(Oc6ccnc7c6CCC(=O)N7)cc5[C@@H]34)cc2F)CC1. The van der Waals surface area contributed by atoms with Crippen molar-refractivity contribution in [2.75, 3.05) is 43.4 Å². The van der Waals surface area contributed by atoms with Gasteiger partial charge in [-0.3, -0.25) is 9.69 Å². The Bertz CT molecular complexity index is 1540. The van der Waals surface area contributed by atoms with Crippen LogP contribution in [-0.2, 0) is 17.8 Å². The van der Waals surface area contributed by atoms with E-state index in [0.29, 0.717) is 48.0 Å². The van der Waals surface area contributed by atoms with Crippen LogP contribution in [-0.4, -0.2) is 71.6 Å². The first-order valence-corrected chi connectivity index (χ1v) is 14.5. The molecule has 0 radical (unpaired) electrons. The molecule has 218 valence electrons. The summed E-state index contributed by atoms with van der Waals surface area (Å²) in [6, 6.07) is 11.7. The molecule has 1 saturated heterocycles. The third-order valence-electron chi connectivity index (χ3n) is 8.57. The van der Waals surface area contributed by atoms with Gasteiger partial charge < -0.3 is 30.3 Å². The highest BCUT2D eigenvalue weighted by molar-refractivity contribution is 5.93. The van der Waals surface area contributed by atoms with Crippen molar-refractivity contribution in [1.29, 1.82) is 0 Å².